The molecule has 35 heteroatoms. The van der Waals surface area contributed by atoms with Crippen LogP contribution in [0.1, 0.15) is 7.43 Å². The summed E-state index contributed by atoms with van der Waals surface area (Å²) in [5.74, 6) is 6.90. The summed E-state index contributed by atoms with van der Waals surface area (Å²) in [4.78, 5) is 33.0. The number of hydrogen-bond acceptors (Lipinski definition) is 28. The maximum atomic E-state index is 5.47. The van der Waals surface area contributed by atoms with Crippen LogP contribution in [0, 0.1) is 0 Å². The number of anilines is 12. The SMILES string of the molecule is C.Cl.Cl.NNc1nc(N)nc(N)n1.Nc1nc(N)n2c(N)nnc2n1.Nc1nc(N)n2c(N)nnc2n1.Nc1nc(N)n2c(N)nnc2n1.O.O. The highest BCUT2D eigenvalue weighted by atomic mass is 35.5. The van der Waals surface area contributed by atoms with Gasteiger partial charge in [0.15, 0.2) is 0 Å². The lowest BCUT2D eigenvalue weighted by molar-refractivity contribution is 0.823. The molecule has 0 aliphatic rings. The summed E-state index contributed by atoms with van der Waals surface area (Å²) in [5.41, 5.74) is 61.2. The van der Waals surface area contributed by atoms with Crippen molar-refractivity contribution in [3.8, 4) is 0 Å². The monoisotopic (exact) mass is 763 g/mol. The molecule has 0 saturated carbocycles. The molecule has 0 aromatic carbocycles. The average Bonchev–Trinajstić information content (AvgIpc) is 3.65. The highest BCUT2D eigenvalue weighted by molar-refractivity contribution is 5.85. The lowest BCUT2D eigenvalue weighted by atomic mass is 10.8. The fourth-order valence-corrected chi connectivity index (χ4v) is 3.10. The fraction of sp³-hybridized carbons (Fsp3) is 0.0625. The second-order valence-electron chi connectivity index (χ2n) is 7.92. The van der Waals surface area contributed by atoms with Crippen LogP contribution in [0.2, 0.25) is 0 Å². The normalized spacial score (nSPS) is 9.35. The third-order valence-corrected chi connectivity index (χ3v) is 4.83. The van der Waals surface area contributed by atoms with Crippen LogP contribution in [0.5, 0.6) is 0 Å². The molecule has 7 aromatic rings. The quantitative estimate of drug-likeness (QED) is 0.0545. The van der Waals surface area contributed by atoms with Gasteiger partial charge in [-0.3, -0.25) is 5.43 Å². The van der Waals surface area contributed by atoms with Crippen molar-refractivity contribution in [2.75, 3.05) is 68.5 Å². The van der Waals surface area contributed by atoms with Crippen molar-refractivity contribution >= 4 is 114 Å². The second kappa shape index (κ2) is 18.7. The van der Waals surface area contributed by atoms with Crippen LogP contribution in [0.15, 0.2) is 0 Å². The summed E-state index contributed by atoms with van der Waals surface area (Å²) in [6.07, 6.45) is 0. The van der Waals surface area contributed by atoms with E-state index >= 15 is 0 Å². The Labute approximate surface area is 294 Å². The van der Waals surface area contributed by atoms with Gasteiger partial charge in [0.2, 0.25) is 71.4 Å². The molecule has 0 atom stereocenters. The van der Waals surface area contributed by atoms with Crippen LogP contribution >= 0.6 is 24.8 Å². The molecule has 0 radical (unpaired) electrons. The Morgan fingerprint density at radius 2 is 0.608 bits per heavy atom. The predicted molar refractivity (Wildman–Crippen MR) is 190 cm³/mol. The molecule has 7 heterocycles. The van der Waals surface area contributed by atoms with Crippen LogP contribution in [0.3, 0.4) is 0 Å². The first kappa shape index (κ1) is 45.6. The van der Waals surface area contributed by atoms with E-state index in [9.17, 15) is 0 Å². The zero-order valence-corrected chi connectivity index (χ0v) is 26.4. The van der Waals surface area contributed by atoms with Crippen molar-refractivity contribution in [1.29, 1.82) is 0 Å². The van der Waals surface area contributed by atoms with Gasteiger partial charge in [0.25, 0.3) is 17.3 Å². The zero-order chi connectivity index (χ0) is 33.7. The molecular weight excluding hydrogens is 729 g/mol. The van der Waals surface area contributed by atoms with Gasteiger partial charge in [-0.05, 0) is 0 Å². The predicted octanol–water partition coefficient (Wildman–Crippen LogP) is -7.05. The second-order valence-corrected chi connectivity index (χ2v) is 7.92. The number of fused-ring (bicyclic) bond motifs is 3. The smallest absolute Gasteiger partial charge is 0.262 e. The maximum absolute atomic E-state index is 5.47. The highest BCUT2D eigenvalue weighted by Crippen LogP contribution is 2.10. The molecule has 0 spiro atoms. The molecule has 0 saturated heterocycles. The van der Waals surface area contributed by atoms with E-state index in [0.29, 0.717) is 0 Å². The maximum Gasteiger partial charge on any atom is 0.262 e. The van der Waals surface area contributed by atoms with Gasteiger partial charge in [-0.2, -0.15) is 44.9 Å². The van der Waals surface area contributed by atoms with Crippen molar-refractivity contribution in [2.45, 2.75) is 7.43 Å². The molecular formula is C16H35Cl2N31O2. The fourth-order valence-electron chi connectivity index (χ4n) is 3.10. The van der Waals surface area contributed by atoms with Crippen LogP contribution in [-0.4, -0.2) is 99.6 Å². The lowest BCUT2D eigenvalue weighted by Gasteiger charge is -1.98. The summed E-state index contributed by atoms with van der Waals surface area (Å²) in [7, 11) is 0. The third kappa shape index (κ3) is 10.5. The van der Waals surface area contributed by atoms with Crippen LogP contribution in [0.4, 0.5) is 71.4 Å². The minimum Gasteiger partial charge on any atom is -0.412 e. The topological polar surface area (TPSA) is 594 Å². The van der Waals surface area contributed by atoms with E-state index < -0.39 is 0 Å². The van der Waals surface area contributed by atoms with Crippen molar-refractivity contribution in [2.24, 2.45) is 5.84 Å². The number of nitrogens with zero attached hydrogens (tertiary/aromatic N) is 18. The van der Waals surface area contributed by atoms with Gasteiger partial charge in [0.1, 0.15) is 0 Å². The molecule has 0 unspecified atom stereocenters. The number of nitrogens with one attached hydrogen (secondary N) is 1. The minimum absolute atomic E-state index is 0. The lowest BCUT2D eigenvalue weighted by Crippen LogP contribution is -2.13. The molecule has 0 bridgehead atoms. The Bertz CT molecular complexity index is 1930. The summed E-state index contributed by atoms with van der Waals surface area (Å²) >= 11 is 0. The third-order valence-electron chi connectivity index (χ3n) is 4.83. The van der Waals surface area contributed by atoms with Crippen LogP contribution in [0.25, 0.3) is 17.3 Å². The molecule has 280 valence electrons. The number of hydrogen-bond donors (Lipinski definition) is 13. The standard InChI is InChI=1S/3C4H6N8.C3H7N7.CH4.2ClH.2H2O/c3*5-1-8-2(6)12-3(7)10-11-4(12)9-1;4-1-7-2(5)9-3(8-1)10-6;;;;;/h3*(H2,7,10)(H4,5,6,8,9,11);6H2,(H5,4,5,7,8,9,10);1H4;2*1H;2*1H2. The number of nitrogen functional groups attached to an aromatic ring is 12. The van der Waals surface area contributed by atoms with Gasteiger partial charge in [0, 0.05) is 0 Å². The van der Waals surface area contributed by atoms with Crippen molar-refractivity contribution < 1.29 is 11.0 Å². The minimum atomic E-state index is 0. The molecule has 7 aromatic heterocycles. The Balaban J connectivity index is 0. The molecule has 51 heavy (non-hydrogen) atoms. The van der Waals surface area contributed by atoms with Crippen LogP contribution in [-0.2, 0) is 0 Å². The van der Waals surface area contributed by atoms with Gasteiger partial charge < -0.3 is 74.0 Å². The Kier molecular flexibility index (Phi) is 16.8. The number of nitrogens with two attached hydrogens (primary N) is 12. The molecule has 0 fully saturated rings. The van der Waals surface area contributed by atoms with Gasteiger partial charge in [-0.15, -0.1) is 55.4 Å². The Hall–Kier alpha value is -7.49. The van der Waals surface area contributed by atoms with Crippen LogP contribution < -0.4 is 74.3 Å². The summed E-state index contributed by atoms with van der Waals surface area (Å²) < 4.78 is 3.91. The molecule has 7 rings (SSSR count). The number of rotatable bonds is 1. The van der Waals surface area contributed by atoms with Crippen molar-refractivity contribution in [1.82, 2.24) is 88.6 Å². The van der Waals surface area contributed by atoms with E-state index in [1.165, 1.54) is 13.2 Å². The molecule has 0 amide bonds. The van der Waals surface area contributed by atoms with E-state index in [2.05, 4.69) is 80.9 Å². The first-order chi connectivity index (χ1) is 21.8. The largest absolute Gasteiger partial charge is 0.412 e. The van der Waals surface area contributed by atoms with Gasteiger partial charge in [0.05, 0.1) is 0 Å². The van der Waals surface area contributed by atoms with E-state index in [4.69, 9.17) is 68.9 Å². The van der Waals surface area contributed by atoms with E-state index in [1.807, 2.05) is 0 Å². The first-order valence-electron chi connectivity index (χ1n) is 11.7. The molecule has 0 aliphatic heterocycles. The Morgan fingerprint density at radius 3 is 0.863 bits per heavy atom. The summed E-state index contributed by atoms with van der Waals surface area (Å²) in [5, 5.41) is 21.5. The molecule has 33 nitrogen and oxygen atoms in total. The van der Waals surface area contributed by atoms with E-state index in [-0.39, 0.29) is 132 Å². The van der Waals surface area contributed by atoms with E-state index in [1.54, 1.807) is 0 Å². The van der Waals surface area contributed by atoms with Crippen molar-refractivity contribution in [3.63, 3.8) is 0 Å². The number of hydrazine groups is 1. The first-order valence-corrected chi connectivity index (χ1v) is 11.7. The number of aromatic nitrogens is 18. The molecule has 0 aliphatic carbocycles. The van der Waals surface area contributed by atoms with Crippen molar-refractivity contribution in [3.05, 3.63) is 0 Å². The summed E-state index contributed by atoms with van der Waals surface area (Å²) in [6, 6.07) is 0. The molecule has 29 N–H and O–H groups in total. The summed E-state index contributed by atoms with van der Waals surface area (Å²) in [6.45, 7) is 0. The number of halogens is 2. The zero-order valence-electron chi connectivity index (χ0n) is 24.8. The van der Waals surface area contributed by atoms with E-state index in [0.717, 1.165) is 0 Å². The highest BCUT2D eigenvalue weighted by Gasteiger charge is 2.09. The average molecular weight is 765 g/mol. The van der Waals surface area contributed by atoms with Gasteiger partial charge in [-0.1, -0.05) is 7.43 Å². The van der Waals surface area contributed by atoms with Gasteiger partial charge in [-0.25, -0.2) is 19.0 Å². The van der Waals surface area contributed by atoms with Gasteiger partial charge >= 0.3 is 0 Å². The Morgan fingerprint density at radius 1 is 0.353 bits per heavy atom.